The van der Waals surface area contributed by atoms with E-state index in [2.05, 4.69) is 5.32 Å². The lowest BCUT2D eigenvalue weighted by Crippen LogP contribution is -2.61. The molecule has 10 heteroatoms. The third-order valence-electron chi connectivity index (χ3n) is 2.67. The summed E-state index contributed by atoms with van der Waals surface area (Å²) in [6.07, 6.45) is -1.37. The van der Waals surface area contributed by atoms with Crippen LogP contribution in [0.1, 0.15) is 19.3 Å². The quantitative estimate of drug-likeness (QED) is 0.246. The van der Waals surface area contributed by atoms with Crippen LogP contribution in [0.4, 0.5) is 0 Å². The van der Waals surface area contributed by atoms with Crippen LogP contribution >= 0.6 is 0 Å². The Morgan fingerprint density at radius 1 is 1.05 bits per heavy atom. The first-order valence-corrected chi connectivity index (χ1v) is 5.50. The smallest absolute Gasteiger partial charge is 0.317 e. The summed E-state index contributed by atoms with van der Waals surface area (Å²) in [6.45, 7) is -0.989. The van der Waals surface area contributed by atoms with Crippen molar-refractivity contribution in [3.8, 4) is 0 Å². The monoisotopic (exact) mass is 296 g/mol. The Bertz CT molecular complexity index is 330. The molecular formula is C10H20N2O8. The number of carboxylic acids is 3. The van der Waals surface area contributed by atoms with E-state index in [0.717, 1.165) is 0 Å². The maximum absolute atomic E-state index is 10.9. The van der Waals surface area contributed by atoms with E-state index in [1.807, 2.05) is 0 Å². The molecule has 0 radical (unpaired) electrons. The lowest BCUT2D eigenvalue weighted by atomic mass is 9.82. The van der Waals surface area contributed by atoms with Gasteiger partial charge < -0.3 is 31.6 Å². The summed E-state index contributed by atoms with van der Waals surface area (Å²) in [5, 5.41) is 37.5. The Kier molecular flexibility index (Phi) is 9.46. The minimum absolute atomic E-state index is 0. The van der Waals surface area contributed by atoms with Crippen LogP contribution in [0.15, 0.2) is 0 Å². The van der Waals surface area contributed by atoms with Gasteiger partial charge in [0.1, 0.15) is 0 Å². The number of nitrogens with one attached hydrogen (secondary N) is 1. The Balaban J connectivity index is 0. The third-order valence-corrected chi connectivity index (χ3v) is 2.67. The number of carbonyl (C=O) groups is 3. The van der Waals surface area contributed by atoms with Crippen molar-refractivity contribution in [2.45, 2.75) is 30.8 Å². The number of aliphatic hydroxyl groups excluding tert-OH is 1. The molecule has 0 rings (SSSR count). The first kappa shape index (κ1) is 20.6. The van der Waals surface area contributed by atoms with Gasteiger partial charge in [-0.25, -0.2) is 0 Å². The molecule has 0 aliphatic carbocycles. The van der Waals surface area contributed by atoms with Crippen LogP contribution in [0.3, 0.4) is 0 Å². The summed E-state index contributed by atoms with van der Waals surface area (Å²) in [7, 11) is 0. The van der Waals surface area contributed by atoms with E-state index in [1.165, 1.54) is 0 Å². The van der Waals surface area contributed by atoms with Crippen molar-refractivity contribution in [1.82, 2.24) is 5.32 Å². The lowest BCUT2D eigenvalue weighted by molar-refractivity contribution is -0.144. The van der Waals surface area contributed by atoms with Crippen LogP contribution in [-0.4, -0.2) is 68.5 Å². The molecule has 0 aromatic rings. The highest BCUT2D eigenvalue weighted by atomic mass is 16.4. The van der Waals surface area contributed by atoms with E-state index in [0.29, 0.717) is 0 Å². The van der Waals surface area contributed by atoms with Crippen molar-refractivity contribution in [3.63, 3.8) is 0 Å². The van der Waals surface area contributed by atoms with Crippen molar-refractivity contribution < 1.29 is 40.3 Å². The summed E-state index contributed by atoms with van der Waals surface area (Å²) in [6, 6.07) is -1.01. The van der Waals surface area contributed by atoms with Gasteiger partial charge in [-0.05, 0) is 6.42 Å². The fourth-order valence-corrected chi connectivity index (χ4v) is 1.79. The zero-order valence-corrected chi connectivity index (χ0v) is 10.7. The van der Waals surface area contributed by atoms with Gasteiger partial charge in [0.05, 0.1) is 24.9 Å². The number of aliphatic carboxylic acids is 3. The predicted octanol–water partition coefficient (Wildman–Crippen LogP) is -2.77. The van der Waals surface area contributed by atoms with E-state index >= 15 is 0 Å². The van der Waals surface area contributed by atoms with E-state index in [4.69, 9.17) is 26.2 Å². The molecule has 1 unspecified atom stereocenters. The maximum Gasteiger partial charge on any atom is 0.317 e. The van der Waals surface area contributed by atoms with E-state index < -0.39 is 48.9 Å². The van der Waals surface area contributed by atoms with Crippen LogP contribution in [0.2, 0.25) is 0 Å². The first-order chi connectivity index (χ1) is 8.73. The average Bonchev–Trinajstić information content (AvgIpc) is 2.24. The normalized spacial score (nSPS) is 12.3. The Morgan fingerprint density at radius 2 is 1.50 bits per heavy atom. The van der Waals surface area contributed by atoms with E-state index in [1.54, 1.807) is 0 Å². The molecule has 0 bridgehead atoms. The molecule has 0 fully saturated rings. The van der Waals surface area contributed by atoms with Crippen LogP contribution in [-0.2, 0) is 14.4 Å². The minimum Gasteiger partial charge on any atom is -0.481 e. The van der Waals surface area contributed by atoms with E-state index in [9.17, 15) is 14.4 Å². The van der Waals surface area contributed by atoms with Gasteiger partial charge >= 0.3 is 17.9 Å². The minimum atomic E-state index is -1.63. The summed E-state index contributed by atoms with van der Waals surface area (Å²) >= 11 is 0. The molecule has 9 N–H and O–H groups in total. The summed E-state index contributed by atoms with van der Waals surface area (Å²) in [4.78, 5) is 32.3. The second-order valence-corrected chi connectivity index (χ2v) is 4.16. The SMILES string of the molecule is NC(CCO)C(CC(=O)O)(CC(=O)O)NCC(=O)O.O. The van der Waals surface area contributed by atoms with Gasteiger partial charge in [-0.2, -0.15) is 0 Å². The largest absolute Gasteiger partial charge is 0.481 e. The third kappa shape index (κ3) is 6.99. The predicted molar refractivity (Wildman–Crippen MR) is 66.2 cm³/mol. The van der Waals surface area contributed by atoms with Crippen molar-refractivity contribution in [1.29, 1.82) is 0 Å². The molecular weight excluding hydrogens is 276 g/mol. The maximum atomic E-state index is 10.9. The molecule has 0 saturated carbocycles. The molecule has 0 spiro atoms. The number of carboxylic acid groups (broad SMARTS) is 3. The highest BCUT2D eigenvalue weighted by Gasteiger charge is 2.40. The van der Waals surface area contributed by atoms with Gasteiger partial charge in [0.2, 0.25) is 0 Å². The molecule has 0 aromatic carbocycles. The second-order valence-electron chi connectivity index (χ2n) is 4.16. The Morgan fingerprint density at radius 3 is 1.80 bits per heavy atom. The first-order valence-electron chi connectivity index (χ1n) is 5.50. The van der Waals surface area contributed by atoms with Gasteiger partial charge in [0, 0.05) is 12.6 Å². The number of rotatable bonds is 10. The van der Waals surface area contributed by atoms with E-state index in [-0.39, 0.29) is 18.5 Å². The molecule has 0 saturated heterocycles. The lowest BCUT2D eigenvalue weighted by Gasteiger charge is -2.37. The topological polar surface area (TPSA) is 202 Å². The van der Waals surface area contributed by atoms with Crippen molar-refractivity contribution in [3.05, 3.63) is 0 Å². The number of hydrogen-bond acceptors (Lipinski definition) is 6. The molecule has 1 atom stereocenters. The van der Waals surface area contributed by atoms with Crippen molar-refractivity contribution in [2.24, 2.45) is 5.73 Å². The summed E-state index contributed by atoms with van der Waals surface area (Å²) in [5.41, 5.74) is 4.08. The molecule has 0 aliphatic rings. The van der Waals surface area contributed by atoms with Crippen LogP contribution in [0, 0.1) is 0 Å². The van der Waals surface area contributed by atoms with Gasteiger partial charge in [-0.15, -0.1) is 0 Å². The summed E-state index contributed by atoms with van der Waals surface area (Å²) in [5.74, 6) is -3.89. The van der Waals surface area contributed by atoms with Crippen LogP contribution in [0.5, 0.6) is 0 Å². The number of nitrogens with two attached hydrogens (primary N) is 1. The zero-order valence-electron chi connectivity index (χ0n) is 10.7. The van der Waals surface area contributed by atoms with Gasteiger partial charge in [0.15, 0.2) is 0 Å². The molecule has 118 valence electrons. The highest BCUT2D eigenvalue weighted by molar-refractivity contribution is 5.74. The van der Waals surface area contributed by atoms with Gasteiger partial charge in [-0.3, -0.25) is 19.7 Å². The van der Waals surface area contributed by atoms with Crippen LogP contribution < -0.4 is 11.1 Å². The standard InChI is InChI=1S/C10H18N2O7.H2O/c11-6(1-2-13)10(3-7(14)15,4-8(16)17)12-5-9(18)19;/h6,12-13H,1-5,11H2,(H,14,15)(H,16,17)(H,18,19);1H2. The Hall–Kier alpha value is -1.75. The molecule has 0 aliphatic heterocycles. The molecule has 10 nitrogen and oxygen atoms in total. The van der Waals surface area contributed by atoms with Crippen LogP contribution in [0.25, 0.3) is 0 Å². The average molecular weight is 296 g/mol. The molecule has 20 heavy (non-hydrogen) atoms. The zero-order chi connectivity index (χ0) is 15.1. The fraction of sp³-hybridized carbons (Fsp3) is 0.700. The Labute approximate surface area is 114 Å². The van der Waals surface area contributed by atoms with Gasteiger partial charge in [-0.1, -0.05) is 0 Å². The fourth-order valence-electron chi connectivity index (χ4n) is 1.79. The molecule has 0 heterocycles. The summed E-state index contributed by atoms with van der Waals surface area (Å²) < 4.78 is 0. The number of hydrogen-bond donors (Lipinski definition) is 6. The molecule has 0 aromatic heterocycles. The second kappa shape index (κ2) is 9.20. The van der Waals surface area contributed by atoms with Crippen molar-refractivity contribution >= 4 is 17.9 Å². The molecule has 0 amide bonds. The van der Waals surface area contributed by atoms with Gasteiger partial charge in [0.25, 0.3) is 0 Å². The highest BCUT2D eigenvalue weighted by Crippen LogP contribution is 2.21. The van der Waals surface area contributed by atoms with Crippen molar-refractivity contribution in [2.75, 3.05) is 13.2 Å². The number of aliphatic hydroxyl groups is 1.